The van der Waals surface area contributed by atoms with Crippen molar-refractivity contribution < 1.29 is 23.8 Å². The number of carbonyl (C=O) groups excluding carboxylic acids is 2. The minimum Gasteiger partial charge on any atom is -0.490 e. The number of carbonyl (C=O) groups is 2. The van der Waals surface area contributed by atoms with E-state index in [4.69, 9.17) is 26.4 Å². The second-order valence-corrected chi connectivity index (χ2v) is 10.0. The molecule has 178 valence electrons. The molecule has 4 rings (SSSR count). The summed E-state index contributed by atoms with van der Waals surface area (Å²) in [6.45, 7) is 4.44. The predicted molar refractivity (Wildman–Crippen MR) is 140 cm³/mol. The van der Waals surface area contributed by atoms with Crippen LogP contribution in [-0.2, 0) is 14.3 Å². The summed E-state index contributed by atoms with van der Waals surface area (Å²) in [6.07, 6.45) is 1.78. The minimum absolute atomic E-state index is 0.0781. The Morgan fingerprint density at radius 1 is 1.15 bits per heavy atom. The van der Waals surface area contributed by atoms with Gasteiger partial charge in [-0.1, -0.05) is 46.0 Å². The number of ether oxygens (including phenoxy) is 3. The van der Waals surface area contributed by atoms with E-state index in [2.05, 4.69) is 15.9 Å². The quantitative estimate of drug-likeness (QED) is 0.363. The normalized spacial score (nSPS) is 17.4. The third-order valence-electron chi connectivity index (χ3n) is 5.16. The Balaban J connectivity index is 1.49. The van der Waals surface area contributed by atoms with Gasteiger partial charge in [-0.25, -0.2) is 0 Å². The first-order chi connectivity index (χ1) is 16.5. The molecule has 34 heavy (non-hydrogen) atoms. The molecule has 0 aliphatic carbocycles. The summed E-state index contributed by atoms with van der Waals surface area (Å²) in [5.74, 6) is 0.718. The highest BCUT2D eigenvalue weighted by Crippen LogP contribution is 2.37. The fraction of sp³-hybridized carbons (Fsp3) is 0.292. The molecule has 0 bridgehead atoms. The van der Waals surface area contributed by atoms with E-state index in [0.717, 1.165) is 15.7 Å². The lowest BCUT2D eigenvalue weighted by Crippen LogP contribution is -2.43. The van der Waals surface area contributed by atoms with Gasteiger partial charge < -0.3 is 19.1 Å². The van der Waals surface area contributed by atoms with Crippen LogP contribution in [0, 0.1) is 0 Å². The van der Waals surface area contributed by atoms with Gasteiger partial charge >= 0.3 is 0 Å². The number of halogens is 1. The van der Waals surface area contributed by atoms with Crippen molar-refractivity contribution in [2.45, 2.75) is 6.92 Å². The smallest absolute Gasteiger partial charge is 0.270 e. The van der Waals surface area contributed by atoms with Crippen molar-refractivity contribution in [1.82, 2.24) is 4.90 Å². The van der Waals surface area contributed by atoms with Crippen LogP contribution < -0.4 is 14.4 Å². The number of thioether (sulfide) groups is 1. The zero-order valence-electron chi connectivity index (χ0n) is 18.5. The molecule has 2 aliphatic heterocycles. The van der Waals surface area contributed by atoms with Gasteiger partial charge in [-0.05, 0) is 55.0 Å². The standard InChI is InChI=1S/C24H23BrN2O5S2/c1-2-31-20-13-16(3-8-19(20)32-15-22(28)26-9-11-30-12-10-26)14-21-23(29)27(24(33)34-21)18-6-4-17(25)5-7-18/h3-8,13-14H,2,9-12,15H2,1H3/b21-14-. The number of anilines is 1. The van der Waals surface area contributed by atoms with Gasteiger partial charge in [-0.15, -0.1) is 0 Å². The fourth-order valence-corrected chi connectivity index (χ4v) is 5.04. The summed E-state index contributed by atoms with van der Waals surface area (Å²) >= 11 is 10.1. The topological polar surface area (TPSA) is 68.3 Å². The molecule has 0 unspecified atom stereocenters. The van der Waals surface area contributed by atoms with Crippen molar-refractivity contribution >= 4 is 67.8 Å². The monoisotopic (exact) mass is 562 g/mol. The van der Waals surface area contributed by atoms with Gasteiger partial charge in [0.15, 0.2) is 22.4 Å². The molecule has 2 aliphatic rings. The average Bonchev–Trinajstić information content (AvgIpc) is 3.12. The summed E-state index contributed by atoms with van der Waals surface area (Å²) in [5.41, 5.74) is 1.49. The molecule has 2 fully saturated rings. The Labute approximate surface area is 216 Å². The summed E-state index contributed by atoms with van der Waals surface area (Å²) < 4.78 is 18.2. The maximum Gasteiger partial charge on any atom is 0.270 e. The van der Waals surface area contributed by atoms with E-state index in [1.165, 1.54) is 16.7 Å². The van der Waals surface area contributed by atoms with Gasteiger partial charge in [0.05, 0.1) is 30.4 Å². The highest BCUT2D eigenvalue weighted by atomic mass is 79.9. The first-order valence-electron chi connectivity index (χ1n) is 10.7. The molecule has 2 amide bonds. The fourth-order valence-electron chi connectivity index (χ4n) is 3.48. The lowest BCUT2D eigenvalue weighted by atomic mass is 10.1. The van der Waals surface area contributed by atoms with Crippen LogP contribution in [0.15, 0.2) is 51.8 Å². The van der Waals surface area contributed by atoms with Gasteiger partial charge in [-0.3, -0.25) is 14.5 Å². The molecule has 2 aromatic rings. The van der Waals surface area contributed by atoms with Gasteiger partial charge in [-0.2, -0.15) is 0 Å². The van der Waals surface area contributed by atoms with E-state index in [1.54, 1.807) is 23.1 Å². The summed E-state index contributed by atoms with van der Waals surface area (Å²) in [7, 11) is 0. The molecule has 2 heterocycles. The summed E-state index contributed by atoms with van der Waals surface area (Å²) in [5, 5.41) is 0. The van der Waals surface area contributed by atoms with Crippen LogP contribution in [0.2, 0.25) is 0 Å². The first-order valence-corrected chi connectivity index (χ1v) is 12.8. The molecular weight excluding hydrogens is 540 g/mol. The predicted octanol–water partition coefficient (Wildman–Crippen LogP) is 4.49. The van der Waals surface area contributed by atoms with Crippen molar-refractivity contribution in [3.8, 4) is 11.5 Å². The molecule has 0 saturated carbocycles. The number of amides is 2. The minimum atomic E-state index is -0.174. The van der Waals surface area contributed by atoms with Crippen LogP contribution in [0.5, 0.6) is 11.5 Å². The molecule has 2 aromatic carbocycles. The van der Waals surface area contributed by atoms with Crippen LogP contribution in [0.3, 0.4) is 0 Å². The highest BCUT2D eigenvalue weighted by Gasteiger charge is 2.33. The van der Waals surface area contributed by atoms with Crippen LogP contribution in [0.4, 0.5) is 5.69 Å². The molecular formula is C24H23BrN2O5S2. The Bertz CT molecular complexity index is 1120. The number of hydrogen-bond donors (Lipinski definition) is 0. The van der Waals surface area contributed by atoms with E-state index in [9.17, 15) is 9.59 Å². The number of rotatable bonds is 7. The number of nitrogens with zero attached hydrogens (tertiary/aromatic N) is 2. The third-order valence-corrected chi connectivity index (χ3v) is 6.99. The van der Waals surface area contributed by atoms with E-state index < -0.39 is 0 Å². The molecule has 0 spiro atoms. The van der Waals surface area contributed by atoms with Gasteiger partial charge in [0.1, 0.15) is 0 Å². The van der Waals surface area contributed by atoms with Gasteiger partial charge in [0, 0.05) is 17.6 Å². The van der Waals surface area contributed by atoms with Crippen molar-refractivity contribution in [3.63, 3.8) is 0 Å². The lowest BCUT2D eigenvalue weighted by Gasteiger charge is -2.26. The average molecular weight is 563 g/mol. The molecule has 0 N–H and O–H groups in total. The Morgan fingerprint density at radius 2 is 1.88 bits per heavy atom. The van der Waals surface area contributed by atoms with Crippen molar-refractivity contribution in [3.05, 3.63) is 57.4 Å². The Hall–Kier alpha value is -2.40. The first kappa shape index (κ1) is 24.7. The van der Waals surface area contributed by atoms with Crippen LogP contribution in [0.1, 0.15) is 12.5 Å². The van der Waals surface area contributed by atoms with Gasteiger partial charge in [0.25, 0.3) is 11.8 Å². The number of morpholine rings is 1. The second-order valence-electron chi connectivity index (χ2n) is 7.41. The SMILES string of the molecule is CCOc1cc(/C=C2\SC(=S)N(c3ccc(Br)cc3)C2=O)ccc1OCC(=O)N1CCOCC1. The second kappa shape index (κ2) is 11.4. The maximum atomic E-state index is 13.0. The van der Waals surface area contributed by atoms with E-state index in [-0.39, 0.29) is 18.4 Å². The van der Waals surface area contributed by atoms with E-state index >= 15 is 0 Å². The molecule has 0 radical (unpaired) electrons. The van der Waals surface area contributed by atoms with Gasteiger partial charge in [0.2, 0.25) is 0 Å². The Morgan fingerprint density at radius 3 is 2.59 bits per heavy atom. The lowest BCUT2D eigenvalue weighted by molar-refractivity contribution is -0.137. The van der Waals surface area contributed by atoms with Crippen LogP contribution in [-0.4, -0.2) is 60.6 Å². The number of thiocarbonyl (C=S) groups is 1. The van der Waals surface area contributed by atoms with Crippen molar-refractivity contribution in [2.75, 3.05) is 44.4 Å². The maximum absolute atomic E-state index is 13.0. The molecule has 7 nitrogen and oxygen atoms in total. The molecule has 0 aromatic heterocycles. The summed E-state index contributed by atoms with van der Waals surface area (Å²) in [6, 6.07) is 12.8. The molecule has 10 heteroatoms. The van der Waals surface area contributed by atoms with E-state index in [1.807, 2.05) is 37.3 Å². The van der Waals surface area contributed by atoms with E-state index in [0.29, 0.717) is 53.6 Å². The van der Waals surface area contributed by atoms with Crippen molar-refractivity contribution in [1.29, 1.82) is 0 Å². The third kappa shape index (κ3) is 5.80. The number of hydrogen-bond acceptors (Lipinski definition) is 7. The zero-order valence-corrected chi connectivity index (χ0v) is 21.7. The summed E-state index contributed by atoms with van der Waals surface area (Å²) in [4.78, 5) is 29.2. The zero-order chi connectivity index (χ0) is 24.1. The largest absolute Gasteiger partial charge is 0.490 e. The Kier molecular flexibility index (Phi) is 8.25. The molecule has 0 atom stereocenters. The van der Waals surface area contributed by atoms with Crippen molar-refractivity contribution in [2.24, 2.45) is 0 Å². The highest BCUT2D eigenvalue weighted by molar-refractivity contribution is 9.10. The van der Waals surface area contributed by atoms with Crippen LogP contribution >= 0.6 is 39.9 Å². The van der Waals surface area contributed by atoms with Crippen LogP contribution in [0.25, 0.3) is 6.08 Å². The molecule has 2 saturated heterocycles. The number of benzene rings is 2.